The maximum Gasteiger partial charge on any atom is 0.331 e. The number of ether oxygens (including phenoxy) is 3. The lowest BCUT2D eigenvalue weighted by atomic mass is 10.0. The van der Waals surface area contributed by atoms with E-state index in [1.165, 1.54) is 13.1 Å². The molecule has 9 heteroatoms. The minimum atomic E-state index is -1.85. The summed E-state index contributed by atoms with van der Waals surface area (Å²) in [5.74, 6) is -1.000. The second kappa shape index (κ2) is 5.01. The Morgan fingerprint density at radius 2 is 2.09 bits per heavy atom. The van der Waals surface area contributed by atoms with Crippen LogP contribution in [0.1, 0.15) is 20.8 Å². The molecule has 2 aliphatic heterocycles. The number of nitrogens with zero attached hydrogens (tertiary/aromatic N) is 2. The van der Waals surface area contributed by atoms with Gasteiger partial charge >= 0.3 is 5.69 Å². The minimum absolute atomic E-state index is 0.593. The molecule has 0 amide bonds. The number of H-pyrrole nitrogens is 1. The summed E-state index contributed by atoms with van der Waals surface area (Å²) in [6.45, 7) is 4.84. The van der Waals surface area contributed by atoms with Gasteiger partial charge in [-0.1, -0.05) is 0 Å². The lowest BCUT2D eigenvalue weighted by molar-refractivity contribution is -0.225. The van der Waals surface area contributed by atoms with Crippen molar-refractivity contribution in [1.29, 1.82) is 5.26 Å². The average molecular weight is 323 g/mol. The van der Waals surface area contributed by atoms with Gasteiger partial charge in [-0.15, -0.1) is 0 Å². The van der Waals surface area contributed by atoms with Crippen LogP contribution in [0.2, 0.25) is 0 Å². The van der Waals surface area contributed by atoms with E-state index in [2.05, 4.69) is 4.98 Å². The first kappa shape index (κ1) is 15.9. The summed E-state index contributed by atoms with van der Waals surface area (Å²) < 4.78 is 18.2. The molecule has 5 atom stereocenters. The summed E-state index contributed by atoms with van der Waals surface area (Å²) in [6, 6.07) is 3.06. The van der Waals surface area contributed by atoms with Gasteiger partial charge in [0.25, 0.3) is 11.3 Å². The van der Waals surface area contributed by atoms with Crippen LogP contribution in [0.3, 0.4) is 0 Å². The Balaban J connectivity index is 2.17. The summed E-state index contributed by atoms with van der Waals surface area (Å²) >= 11 is 0. The zero-order valence-electron chi connectivity index (χ0n) is 12.8. The molecule has 2 saturated heterocycles. The molecule has 0 bridgehead atoms. The van der Waals surface area contributed by atoms with Crippen molar-refractivity contribution in [2.75, 3.05) is 0 Å². The molecule has 3 rings (SSSR count). The standard InChI is InChI=1S/C14H17N3O6/c1-7(18)9-10-11(23-13(2,3)21-10)14(6-15,22-9)17-5-4-8(19)16-12(17)20/h4-5,7,9-11,18H,1-3H3,(H,16,19,20)/t7-,9-,10-,11-,14-/m1/s1. The van der Waals surface area contributed by atoms with E-state index in [1.54, 1.807) is 13.8 Å². The third-order valence-electron chi connectivity index (χ3n) is 3.97. The molecule has 1 aromatic heterocycles. The van der Waals surface area contributed by atoms with E-state index >= 15 is 0 Å². The topological polar surface area (TPSA) is 127 Å². The predicted molar refractivity (Wildman–Crippen MR) is 75.3 cm³/mol. The normalized spacial score (nSPS) is 36.4. The number of hydrogen-bond donors (Lipinski definition) is 2. The van der Waals surface area contributed by atoms with E-state index in [1.807, 2.05) is 6.07 Å². The fraction of sp³-hybridized carbons (Fsp3) is 0.643. The third kappa shape index (κ3) is 2.31. The van der Waals surface area contributed by atoms with Crippen molar-refractivity contribution >= 4 is 0 Å². The van der Waals surface area contributed by atoms with Crippen LogP contribution in [0.15, 0.2) is 21.9 Å². The van der Waals surface area contributed by atoms with Crippen molar-refractivity contribution in [3.8, 4) is 6.07 Å². The Bertz CT molecular complexity index is 776. The fourth-order valence-corrected chi connectivity index (χ4v) is 3.06. The van der Waals surface area contributed by atoms with Crippen LogP contribution in [0.4, 0.5) is 0 Å². The fourth-order valence-electron chi connectivity index (χ4n) is 3.06. The molecule has 0 aliphatic carbocycles. The van der Waals surface area contributed by atoms with Crippen LogP contribution in [0.5, 0.6) is 0 Å². The molecule has 124 valence electrons. The van der Waals surface area contributed by atoms with Crippen LogP contribution >= 0.6 is 0 Å². The number of aromatic nitrogens is 2. The number of rotatable bonds is 2. The number of nitriles is 1. The summed E-state index contributed by atoms with van der Waals surface area (Å²) in [5.41, 5.74) is -3.25. The second-order valence-corrected chi connectivity index (χ2v) is 6.13. The third-order valence-corrected chi connectivity index (χ3v) is 3.97. The first-order valence-corrected chi connectivity index (χ1v) is 7.15. The molecule has 23 heavy (non-hydrogen) atoms. The Morgan fingerprint density at radius 1 is 1.39 bits per heavy atom. The van der Waals surface area contributed by atoms with E-state index in [9.17, 15) is 20.0 Å². The molecule has 0 saturated carbocycles. The summed E-state index contributed by atoms with van der Waals surface area (Å²) in [6.07, 6.45) is -2.32. The lowest BCUT2D eigenvalue weighted by Crippen LogP contribution is -2.50. The summed E-state index contributed by atoms with van der Waals surface area (Å²) in [7, 11) is 0. The quantitative estimate of drug-likeness (QED) is 0.715. The number of aliphatic hydroxyl groups is 1. The summed E-state index contributed by atoms with van der Waals surface area (Å²) in [4.78, 5) is 25.5. The Morgan fingerprint density at radius 3 is 2.65 bits per heavy atom. The summed E-state index contributed by atoms with van der Waals surface area (Å²) in [5, 5.41) is 19.7. The molecule has 2 N–H and O–H groups in total. The number of nitrogens with one attached hydrogen (secondary N) is 1. The maximum absolute atomic E-state index is 12.1. The molecule has 9 nitrogen and oxygen atoms in total. The second-order valence-electron chi connectivity index (χ2n) is 6.13. The molecular formula is C14H17N3O6. The monoisotopic (exact) mass is 323 g/mol. The van der Waals surface area contributed by atoms with Gasteiger partial charge in [-0.25, -0.2) is 4.79 Å². The average Bonchev–Trinajstić information content (AvgIpc) is 2.91. The molecule has 2 aliphatic rings. The molecular weight excluding hydrogens is 306 g/mol. The molecule has 3 heterocycles. The van der Waals surface area contributed by atoms with Crippen LogP contribution in [0.25, 0.3) is 0 Å². The van der Waals surface area contributed by atoms with Gasteiger partial charge in [-0.3, -0.25) is 14.3 Å². The van der Waals surface area contributed by atoms with Crippen molar-refractivity contribution in [3.05, 3.63) is 33.1 Å². The Kier molecular flexibility index (Phi) is 3.46. The van der Waals surface area contributed by atoms with E-state index in [0.29, 0.717) is 0 Å². The van der Waals surface area contributed by atoms with E-state index in [0.717, 1.165) is 10.6 Å². The van der Waals surface area contributed by atoms with Crippen molar-refractivity contribution in [2.24, 2.45) is 0 Å². The zero-order chi connectivity index (χ0) is 17.0. The molecule has 2 fully saturated rings. The Hall–Kier alpha value is -1.99. The van der Waals surface area contributed by atoms with Gasteiger partial charge in [-0.05, 0) is 20.8 Å². The van der Waals surface area contributed by atoms with E-state index in [-0.39, 0.29) is 0 Å². The minimum Gasteiger partial charge on any atom is -0.391 e. The Labute approximate surface area is 131 Å². The van der Waals surface area contributed by atoms with E-state index in [4.69, 9.17) is 14.2 Å². The maximum atomic E-state index is 12.1. The highest BCUT2D eigenvalue weighted by Crippen LogP contribution is 2.46. The smallest absolute Gasteiger partial charge is 0.331 e. The highest BCUT2D eigenvalue weighted by molar-refractivity contribution is 5.16. The van der Waals surface area contributed by atoms with Crippen molar-refractivity contribution in [2.45, 2.75) is 56.7 Å². The molecule has 0 aromatic carbocycles. The van der Waals surface area contributed by atoms with Gasteiger partial charge in [-0.2, -0.15) is 5.26 Å². The molecule has 0 radical (unpaired) electrons. The van der Waals surface area contributed by atoms with Gasteiger partial charge in [0.2, 0.25) is 0 Å². The number of aliphatic hydroxyl groups excluding tert-OH is 1. The van der Waals surface area contributed by atoms with Gasteiger partial charge in [0.15, 0.2) is 11.9 Å². The first-order chi connectivity index (χ1) is 10.7. The largest absolute Gasteiger partial charge is 0.391 e. The zero-order valence-corrected chi connectivity index (χ0v) is 12.8. The number of fused-ring (bicyclic) bond motifs is 1. The van der Waals surface area contributed by atoms with Crippen molar-refractivity contribution < 1.29 is 19.3 Å². The van der Waals surface area contributed by atoms with Crippen molar-refractivity contribution in [1.82, 2.24) is 9.55 Å². The highest BCUT2D eigenvalue weighted by Gasteiger charge is 2.65. The molecule has 0 unspecified atom stereocenters. The van der Waals surface area contributed by atoms with Crippen LogP contribution in [-0.4, -0.2) is 44.9 Å². The highest BCUT2D eigenvalue weighted by atomic mass is 16.8. The van der Waals surface area contributed by atoms with Crippen molar-refractivity contribution in [3.63, 3.8) is 0 Å². The van der Waals surface area contributed by atoms with Gasteiger partial charge in [0, 0.05) is 12.3 Å². The molecule has 0 spiro atoms. The lowest BCUT2D eigenvalue weighted by Gasteiger charge is -2.30. The molecule has 1 aromatic rings. The van der Waals surface area contributed by atoms with Gasteiger partial charge in [0.1, 0.15) is 18.3 Å². The number of hydrogen-bond acceptors (Lipinski definition) is 7. The predicted octanol–water partition coefficient (Wildman–Crippen LogP) is -0.987. The van der Waals surface area contributed by atoms with Crippen LogP contribution in [-0.2, 0) is 19.9 Å². The van der Waals surface area contributed by atoms with Crippen LogP contribution < -0.4 is 11.2 Å². The SMILES string of the molecule is C[C@@H](O)[C@H]1O[C@@](C#N)(n2ccc(=O)[nH]c2=O)[C@@H]2OC(C)(C)O[C@H]12. The van der Waals surface area contributed by atoms with Gasteiger partial charge in [0.05, 0.1) is 6.10 Å². The number of aromatic amines is 1. The van der Waals surface area contributed by atoms with Crippen LogP contribution in [0, 0.1) is 11.3 Å². The van der Waals surface area contributed by atoms with E-state index < -0.39 is 47.2 Å². The first-order valence-electron chi connectivity index (χ1n) is 7.15. The van der Waals surface area contributed by atoms with Gasteiger partial charge < -0.3 is 19.3 Å².